The van der Waals surface area contributed by atoms with E-state index in [4.69, 9.17) is 0 Å². The number of allylic oxidation sites excluding steroid dienone is 1. The summed E-state index contributed by atoms with van der Waals surface area (Å²) < 4.78 is 0. The molecule has 0 unspecified atom stereocenters. The minimum atomic E-state index is -0.371. The van der Waals surface area contributed by atoms with Gasteiger partial charge in [0.15, 0.2) is 0 Å². The van der Waals surface area contributed by atoms with Crippen molar-refractivity contribution in [1.29, 1.82) is 0 Å². The molecule has 2 aliphatic rings. The third-order valence-corrected chi connectivity index (χ3v) is 4.68. The molecular weight excluding hydrogens is 290 g/mol. The highest BCUT2D eigenvalue weighted by atomic mass is 16.2. The fraction of sp³-hybridized carbons (Fsp3) is 0.778. The second kappa shape index (κ2) is 9.06. The van der Waals surface area contributed by atoms with Crippen molar-refractivity contribution in [2.24, 2.45) is 11.8 Å². The summed E-state index contributed by atoms with van der Waals surface area (Å²) >= 11 is 0. The number of nitrogens with one attached hydrogen (secondary N) is 2. The summed E-state index contributed by atoms with van der Waals surface area (Å²) in [5, 5.41) is 5.23. The van der Waals surface area contributed by atoms with Gasteiger partial charge < -0.3 is 5.32 Å². The van der Waals surface area contributed by atoms with Crippen LogP contribution in [0.15, 0.2) is 11.6 Å². The third kappa shape index (κ3) is 6.73. The van der Waals surface area contributed by atoms with Crippen LogP contribution in [0.4, 0.5) is 4.79 Å². The Labute approximate surface area is 139 Å². The van der Waals surface area contributed by atoms with Gasteiger partial charge in [-0.05, 0) is 50.4 Å². The molecular formula is C18H31N3O2. The number of urea groups is 1. The van der Waals surface area contributed by atoms with E-state index in [0.717, 1.165) is 32.4 Å². The minimum Gasteiger partial charge on any atom is -0.337 e. The van der Waals surface area contributed by atoms with E-state index in [-0.39, 0.29) is 11.9 Å². The Morgan fingerprint density at radius 2 is 1.96 bits per heavy atom. The van der Waals surface area contributed by atoms with Crippen molar-refractivity contribution >= 4 is 11.9 Å². The maximum absolute atomic E-state index is 12.0. The highest BCUT2D eigenvalue weighted by molar-refractivity contribution is 5.95. The SMILES string of the molecule is C[C@@H]1C[C@@H](C)CN(CC(=O)NC(=O)NCCC2=CCCCC2)C1. The van der Waals surface area contributed by atoms with E-state index in [0.29, 0.717) is 24.9 Å². The maximum Gasteiger partial charge on any atom is 0.321 e. The first-order valence-electron chi connectivity index (χ1n) is 9.01. The van der Waals surface area contributed by atoms with E-state index < -0.39 is 0 Å². The Bertz CT molecular complexity index is 438. The van der Waals surface area contributed by atoms with Crippen LogP contribution in [0.25, 0.3) is 0 Å². The van der Waals surface area contributed by atoms with Gasteiger partial charge in [-0.25, -0.2) is 4.79 Å². The molecule has 0 spiro atoms. The molecule has 130 valence electrons. The van der Waals surface area contributed by atoms with Crippen molar-refractivity contribution in [3.8, 4) is 0 Å². The van der Waals surface area contributed by atoms with Crippen LogP contribution in [0.3, 0.4) is 0 Å². The van der Waals surface area contributed by atoms with E-state index in [9.17, 15) is 9.59 Å². The number of likely N-dealkylation sites (tertiary alicyclic amines) is 1. The standard InChI is InChI=1S/C18H31N3O2/c1-14-10-15(2)12-21(11-14)13-17(22)20-18(23)19-9-8-16-6-4-3-5-7-16/h6,14-15H,3-5,7-13H2,1-2H3,(H2,19,20,22,23)/t14-,15-/m1/s1. The molecule has 1 aliphatic carbocycles. The number of nitrogens with zero attached hydrogens (tertiary/aromatic N) is 1. The predicted octanol–water partition coefficient (Wildman–Crippen LogP) is 2.68. The number of rotatable bonds is 5. The van der Waals surface area contributed by atoms with E-state index in [2.05, 4.69) is 35.5 Å². The maximum atomic E-state index is 12.0. The fourth-order valence-corrected chi connectivity index (χ4v) is 3.80. The second-order valence-corrected chi connectivity index (χ2v) is 7.30. The molecule has 1 fully saturated rings. The Balaban J connectivity index is 1.62. The van der Waals surface area contributed by atoms with Crippen LogP contribution >= 0.6 is 0 Å². The van der Waals surface area contributed by atoms with Gasteiger partial charge in [0.1, 0.15) is 0 Å². The average Bonchev–Trinajstić information content (AvgIpc) is 2.47. The highest BCUT2D eigenvalue weighted by Crippen LogP contribution is 2.20. The highest BCUT2D eigenvalue weighted by Gasteiger charge is 2.23. The number of carbonyl (C=O) groups excluding carboxylic acids is 2. The van der Waals surface area contributed by atoms with Crippen LogP contribution in [0.5, 0.6) is 0 Å². The molecule has 0 aromatic carbocycles. The third-order valence-electron chi connectivity index (χ3n) is 4.68. The molecule has 0 saturated carbocycles. The molecule has 2 N–H and O–H groups in total. The van der Waals surface area contributed by atoms with E-state index in [1.54, 1.807) is 0 Å². The lowest BCUT2D eigenvalue weighted by molar-refractivity contribution is -0.121. The Morgan fingerprint density at radius 1 is 1.22 bits per heavy atom. The normalized spacial score (nSPS) is 25.6. The van der Waals surface area contributed by atoms with Crippen molar-refractivity contribution in [2.45, 2.75) is 52.4 Å². The molecule has 23 heavy (non-hydrogen) atoms. The van der Waals surface area contributed by atoms with Crippen molar-refractivity contribution < 1.29 is 9.59 Å². The number of carbonyl (C=O) groups is 2. The minimum absolute atomic E-state index is 0.208. The monoisotopic (exact) mass is 321 g/mol. The lowest BCUT2D eigenvalue weighted by atomic mass is 9.92. The lowest BCUT2D eigenvalue weighted by Crippen LogP contribution is -2.48. The summed E-state index contributed by atoms with van der Waals surface area (Å²) in [6.45, 7) is 7.22. The van der Waals surface area contributed by atoms with Crippen molar-refractivity contribution in [2.75, 3.05) is 26.2 Å². The van der Waals surface area contributed by atoms with Crippen molar-refractivity contribution in [3.05, 3.63) is 11.6 Å². The molecule has 1 aliphatic heterocycles. The molecule has 0 aromatic heterocycles. The van der Waals surface area contributed by atoms with Crippen LogP contribution in [-0.2, 0) is 4.79 Å². The smallest absolute Gasteiger partial charge is 0.321 e. The first kappa shape index (κ1) is 18.0. The summed E-state index contributed by atoms with van der Waals surface area (Å²) in [5.41, 5.74) is 1.43. The molecule has 5 nitrogen and oxygen atoms in total. The van der Waals surface area contributed by atoms with Gasteiger partial charge in [-0.2, -0.15) is 0 Å². The molecule has 3 amide bonds. The van der Waals surface area contributed by atoms with Gasteiger partial charge in [0.05, 0.1) is 6.54 Å². The van der Waals surface area contributed by atoms with Gasteiger partial charge in [-0.3, -0.25) is 15.0 Å². The van der Waals surface area contributed by atoms with Crippen LogP contribution < -0.4 is 10.6 Å². The van der Waals surface area contributed by atoms with Crippen LogP contribution in [0.2, 0.25) is 0 Å². The Kier molecular flexibility index (Phi) is 7.09. The zero-order chi connectivity index (χ0) is 16.7. The number of hydrogen-bond acceptors (Lipinski definition) is 3. The summed E-state index contributed by atoms with van der Waals surface area (Å²) in [7, 11) is 0. The lowest BCUT2D eigenvalue weighted by Gasteiger charge is -2.34. The molecule has 0 radical (unpaired) electrons. The predicted molar refractivity (Wildman–Crippen MR) is 92.1 cm³/mol. The van der Waals surface area contributed by atoms with Crippen molar-refractivity contribution in [3.63, 3.8) is 0 Å². The first-order chi connectivity index (χ1) is 11.0. The fourth-order valence-electron chi connectivity index (χ4n) is 3.80. The zero-order valence-electron chi connectivity index (χ0n) is 14.6. The van der Waals surface area contributed by atoms with E-state index in [1.807, 2.05) is 0 Å². The summed E-state index contributed by atoms with van der Waals surface area (Å²) in [6.07, 6.45) is 9.23. The van der Waals surface area contributed by atoms with Gasteiger partial charge in [0.25, 0.3) is 0 Å². The van der Waals surface area contributed by atoms with Crippen LogP contribution in [0, 0.1) is 11.8 Å². The number of piperidine rings is 1. The number of hydrogen-bond donors (Lipinski definition) is 2. The second-order valence-electron chi connectivity index (χ2n) is 7.30. The van der Waals surface area contributed by atoms with Crippen LogP contribution in [0.1, 0.15) is 52.4 Å². The molecule has 0 aromatic rings. The topological polar surface area (TPSA) is 61.4 Å². The van der Waals surface area contributed by atoms with E-state index >= 15 is 0 Å². The molecule has 2 rings (SSSR count). The van der Waals surface area contributed by atoms with Gasteiger partial charge in [0.2, 0.25) is 5.91 Å². The molecule has 1 heterocycles. The molecule has 5 heteroatoms. The molecule has 0 bridgehead atoms. The van der Waals surface area contributed by atoms with Crippen molar-refractivity contribution in [1.82, 2.24) is 15.5 Å². The Morgan fingerprint density at radius 3 is 2.61 bits per heavy atom. The largest absolute Gasteiger partial charge is 0.337 e. The van der Waals surface area contributed by atoms with Gasteiger partial charge in [-0.15, -0.1) is 0 Å². The summed E-state index contributed by atoms with van der Waals surface area (Å²) in [5.74, 6) is 1.02. The molecule has 2 atom stereocenters. The quantitative estimate of drug-likeness (QED) is 0.765. The molecule has 1 saturated heterocycles. The number of imide groups is 1. The first-order valence-corrected chi connectivity index (χ1v) is 9.01. The Hall–Kier alpha value is -1.36. The zero-order valence-corrected chi connectivity index (χ0v) is 14.6. The summed E-state index contributed by atoms with van der Waals surface area (Å²) in [6, 6.07) is -0.371. The number of amides is 3. The van der Waals surface area contributed by atoms with Crippen LogP contribution in [-0.4, -0.2) is 43.0 Å². The van der Waals surface area contributed by atoms with Gasteiger partial charge >= 0.3 is 6.03 Å². The summed E-state index contributed by atoms with van der Waals surface area (Å²) in [4.78, 5) is 25.9. The van der Waals surface area contributed by atoms with Gasteiger partial charge in [-0.1, -0.05) is 25.5 Å². The van der Waals surface area contributed by atoms with Gasteiger partial charge in [0, 0.05) is 19.6 Å². The van der Waals surface area contributed by atoms with E-state index in [1.165, 1.54) is 24.8 Å². The average molecular weight is 321 g/mol.